The van der Waals surface area contributed by atoms with Crippen molar-refractivity contribution in [2.24, 2.45) is 0 Å². The first kappa shape index (κ1) is 18.6. The van der Waals surface area contributed by atoms with Crippen molar-refractivity contribution in [1.29, 1.82) is 0 Å². The lowest BCUT2D eigenvalue weighted by molar-refractivity contribution is 0.629. The van der Waals surface area contributed by atoms with Gasteiger partial charge >= 0.3 is 0 Å². The molecule has 7 heteroatoms. The highest BCUT2D eigenvalue weighted by molar-refractivity contribution is 7.80. The molecule has 0 spiro atoms. The second kappa shape index (κ2) is 9.54. The third-order valence-electron chi connectivity index (χ3n) is 3.71. The van der Waals surface area contributed by atoms with Gasteiger partial charge in [0.1, 0.15) is 0 Å². The van der Waals surface area contributed by atoms with Crippen LogP contribution < -0.4 is 10.6 Å². The lowest BCUT2D eigenvalue weighted by Crippen LogP contribution is -2.29. The van der Waals surface area contributed by atoms with E-state index in [-0.39, 0.29) is 0 Å². The van der Waals surface area contributed by atoms with Crippen LogP contribution in [-0.4, -0.2) is 26.4 Å². The predicted molar refractivity (Wildman–Crippen MR) is 107 cm³/mol. The highest BCUT2D eigenvalue weighted by atomic mass is 32.1. The molecule has 0 bridgehead atoms. The van der Waals surface area contributed by atoms with Crippen molar-refractivity contribution in [2.45, 2.75) is 46.1 Å². The average molecular weight is 364 g/mol. The minimum absolute atomic E-state index is 0.654. The molecule has 0 radical (unpaired) electrons. The van der Waals surface area contributed by atoms with Gasteiger partial charge in [0.2, 0.25) is 0 Å². The van der Waals surface area contributed by atoms with Gasteiger partial charge in [-0.25, -0.2) is 0 Å². The number of thiocarbonyl (C=S) groups is 1. The number of aromatic nitrogens is 3. The number of anilines is 1. The molecule has 5 nitrogen and oxygen atoms in total. The molecule has 1 aromatic heterocycles. The molecule has 2 rings (SSSR count). The highest BCUT2D eigenvalue weighted by Gasteiger charge is 2.08. The molecular weight excluding hydrogens is 338 g/mol. The lowest BCUT2D eigenvalue weighted by atomic mass is 10.2. The summed E-state index contributed by atoms with van der Waals surface area (Å²) in [6.45, 7) is 6.10. The van der Waals surface area contributed by atoms with Gasteiger partial charge in [-0.2, -0.15) is 5.10 Å². The van der Waals surface area contributed by atoms with Crippen molar-refractivity contribution in [3.05, 3.63) is 29.0 Å². The Bertz CT molecular complexity index is 703. The molecule has 0 saturated heterocycles. The van der Waals surface area contributed by atoms with Gasteiger partial charge in [0.15, 0.2) is 15.7 Å². The Balaban J connectivity index is 2.04. The van der Waals surface area contributed by atoms with Crippen LogP contribution in [0.1, 0.15) is 39.5 Å². The van der Waals surface area contributed by atoms with Crippen LogP contribution >= 0.6 is 24.4 Å². The fourth-order valence-electron chi connectivity index (χ4n) is 2.32. The molecule has 0 fully saturated rings. The van der Waals surface area contributed by atoms with Gasteiger partial charge in [0.05, 0.1) is 0 Å². The predicted octanol–water partition coefficient (Wildman–Crippen LogP) is 4.49. The third kappa shape index (κ3) is 5.14. The van der Waals surface area contributed by atoms with E-state index in [1.165, 1.54) is 0 Å². The van der Waals surface area contributed by atoms with E-state index in [1.54, 1.807) is 0 Å². The number of unbranched alkanes of at least 4 members (excludes halogenated alkanes) is 2. The quantitative estimate of drug-likeness (QED) is 0.476. The average Bonchev–Trinajstić information content (AvgIpc) is 2.94. The zero-order chi connectivity index (χ0) is 17.4. The van der Waals surface area contributed by atoms with E-state index in [2.05, 4.69) is 39.2 Å². The standard InChI is InChI=1S/C17H25N5S2/c1-3-5-11-18-16(23)19-14-9-7-13(8-10-14)15-20-21-17(24)22(15)12-6-4-2/h7-10H,3-6,11-12H2,1-2H3,(H,21,24)(H2,18,19,23). The maximum Gasteiger partial charge on any atom is 0.195 e. The van der Waals surface area contributed by atoms with Crippen LogP contribution in [0.25, 0.3) is 11.4 Å². The topological polar surface area (TPSA) is 57.7 Å². The summed E-state index contributed by atoms with van der Waals surface area (Å²) in [5.41, 5.74) is 2.00. The maximum atomic E-state index is 5.33. The first-order chi connectivity index (χ1) is 11.7. The number of hydrogen-bond acceptors (Lipinski definition) is 3. The number of benzene rings is 1. The molecule has 0 aliphatic heterocycles. The van der Waals surface area contributed by atoms with Gasteiger partial charge < -0.3 is 15.2 Å². The molecule has 0 saturated carbocycles. The highest BCUT2D eigenvalue weighted by Crippen LogP contribution is 2.20. The fraction of sp³-hybridized carbons (Fsp3) is 0.471. The summed E-state index contributed by atoms with van der Waals surface area (Å²) in [7, 11) is 0. The van der Waals surface area contributed by atoms with E-state index in [9.17, 15) is 0 Å². The number of rotatable bonds is 8. The number of nitrogens with one attached hydrogen (secondary N) is 3. The number of aromatic amines is 1. The van der Waals surface area contributed by atoms with Gasteiger partial charge in [-0.3, -0.25) is 5.10 Å². The van der Waals surface area contributed by atoms with Gasteiger partial charge in [-0.05, 0) is 61.5 Å². The van der Waals surface area contributed by atoms with E-state index in [0.717, 1.165) is 55.8 Å². The minimum Gasteiger partial charge on any atom is -0.362 e. The van der Waals surface area contributed by atoms with Crippen molar-refractivity contribution in [2.75, 3.05) is 11.9 Å². The molecule has 1 aromatic carbocycles. The number of H-pyrrole nitrogens is 1. The zero-order valence-electron chi connectivity index (χ0n) is 14.3. The Hall–Kier alpha value is -1.73. The van der Waals surface area contributed by atoms with Crippen LogP contribution in [0.4, 0.5) is 5.69 Å². The summed E-state index contributed by atoms with van der Waals surface area (Å²) in [5, 5.41) is 14.3. The Morgan fingerprint density at radius 2 is 1.88 bits per heavy atom. The van der Waals surface area contributed by atoms with Gasteiger partial charge in [-0.1, -0.05) is 26.7 Å². The molecule has 0 atom stereocenters. The van der Waals surface area contributed by atoms with E-state index < -0.39 is 0 Å². The molecule has 0 aliphatic rings. The van der Waals surface area contributed by atoms with Crippen LogP contribution in [0.5, 0.6) is 0 Å². The molecule has 1 heterocycles. The molecule has 2 aromatic rings. The Morgan fingerprint density at radius 3 is 2.54 bits per heavy atom. The van der Waals surface area contributed by atoms with Crippen LogP contribution in [0, 0.1) is 4.77 Å². The van der Waals surface area contributed by atoms with Crippen molar-refractivity contribution < 1.29 is 0 Å². The first-order valence-electron chi connectivity index (χ1n) is 8.46. The summed E-state index contributed by atoms with van der Waals surface area (Å²) in [5.74, 6) is 0.878. The smallest absolute Gasteiger partial charge is 0.195 e. The number of nitrogens with zero attached hydrogens (tertiary/aromatic N) is 2. The monoisotopic (exact) mass is 363 g/mol. The van der Waals surface area contributed by atoms with Gasteiger partial charge in [0.25, 0.3) is 0 Å². The summed E-state index contributed by atoms with van der Waals surface area (Å²) in [6.07, 6.45) is 4.47. The van der Waals surface area contributed by atoms with Crippen molar-refractivity contribution in [3.8, 4) is 11.4 Å². The first-order valence-corrected chi connectivity index (χ1v) is 9.27. The molecule has 0 amide bonds. The maximum absolute atomic E-state index is 5.33. The van der Waals surface area contributed by atoms with Crippen LogP contribution in [-0.2, 0) is 6.54 Å². The van der Waals surface area contributed by atoms with E-state index in [1.807, 2.05) is 24.3 Å². The lowest BCUT2D eigenvalue weighted by Gasteiger charge is -2.11. The third-order valence-corrected chi connectivity index (χ3v) is 4.27. The Labute approximate surface area is 153 Å². The number of hydrogen-bond donors (Lipinski definition) is 3. The Morgan fingerprint density at radius 1 is 1.17 bits per heavy atom. The van der Waals surface area contributed by atoms with Crippen molar-refractivity contribution in [3.63, 3.8) is 0 Å². The van der Waals surface area contributed by atoms with Gasteiger partial charge in [0, 0.05) is 24.3 Å². The molecular formula is C17H25N5S2. The van der Waals surface area contributed by atoms with Crippen molar-refractivity contribution >= 4 is 35.2 Å². The molecule has 3 N–H and O–H groups in total. The summed E-state index contributed by atoms with van der Waals surface area (Å²) in [6, 6.07) is 8.07. The van der Waals surface area contributed by atoms with Crippen LogP contribution in [0.3, 0.4) is 0 Å². The summed E-state index contributed by atoms with van der Waals surface area (Å²) in [4.78, 5) is 0. The van der Waals surface area contributed by atoms with E-state index in [4.69, 9.17) is 24.4 Å². The minimum atomic E-state index is 0.654. The SMILES string of the molecule is CCCCNC(=S)Nc1ccc(-c2n[nH]c(=S)n2CCCC)cc1. The largest absolute Gasteiger partial charge is 0.362 e. The van der Waals surface area contributed by atoms with Crippen molar-refractivity contribution in [1.82, 2.24) is 20.1 Å². The molecule has 0 unspecified atom stereocenters. The molecule has 24 heavy (non-hydrogen) atoms. The summed E-state index contributed by atoms with van der Waals surface area (Å²) >= 11 is 10.6. The summed E-state index contributed by atoms with van der Waals surface area (Å²) < 4.78 is 2.72. The van der Waals surface area contributed by atoms with Gasteiger partial charge in [-0.15, -0.1) is 0 Å². The zero-order valence-corrected chi connectivity index (χ0v) is 15.9. The fourth-order valence-corrected chi connectivity index (χ4v) is 2.76. The van der Waals surface area contributed by atoms with E-state index >= 15 is 0 Å². The van der Waals surface area contributed by atoms with E-state index in [0.29, 0.717) is 9.88 Å². The second-order valence-corrected chi connectivity index (χ2v) is 6.46. The van der Waals surface area contributed by atoms with Crippen LogP contribution in [0.15, 0.2) is 24.3 Å². The van der Waals surface area contributed by atoms with Crippen LogP contribution in [0.2, 0.25) is 0 Å². The Kier molecular flexibility index (Phi) is 7.39. The second-order valence-electron chi connectivity index (χ2n) is 5.67. The normalized spacial score (nSPS) is 10.6. The molecule has 130 valence electrons. The molecule has 0 aliphatic carbocycles.